The van der Waals surface area contributed by atoms with Crippen molar-refractivity contribution in [3.05, 3.63) is 51.8 Å². The molecule has 2 aromatic rings. The molecule has 136 valence electrons. The van der Waals surface area contributed by atoms with E-state index in [0.29, 0.717) is 37.6 Å². The fourth-order valence-electron chi connectivity index (χ4n) is 2.59. The molecule has 9 heteroatoms. The van der Waals surface area contributed by atoms with E-state index in [1.54, 1.807) is 29.2 Å². The Balaban J connectivity index is 1.80. The summed E-state index contributed by atoms with van der Waals surface area (Å²) in [7, 11) is 0. The van der Waals surface area contributed by atoms with Gasteiger partial charge in [0.1, 0.15) is 15.9 Å². The fourth-order valence-corrected chi connectivity index (χ4v) is 3.10. The number of ether oxygens (including phenoxy) is 1. The van der Waals surface area contributed by atoms with Gasteiger partial charge in [-0.05, 0) is 30.3 Å². The molecule has 0 aliphatic carbocycles. The van der Waals surface area contributed by atoms with Crippen LogP contribution in [0.2, 0.25) is 10.3 Å². The molecule has 1 aliphatic rings. The number of hydrogen-bond acceptors (Lipinski definition) is 5. The summed E-state index contributed by atoms with van der Waals surface area (Å²) in [5, 5.41) is 12.1. The Bertz CT molecular complexity index is 837. The highest BCUT2D eigenvalue weighted by molar-refractivity contribution is 6.35. The van der Waals surface area contributed by atoms with E-state index in [1.807, 2.05) is 0 Å². The number of rotatable bonds is 4. The van der Waals surface area contributed by atoms with Gasteiger partial charge >= 0.3 is 5.97 Å². The minimum Gasteiger partial charge on any atom is -0.478 e. The number of carboxylic acid groups (broad SMARTS) is 1. The number of pyridine rings is 1. The number of benzene rings is 1. The lowest BCUT2D eigenvalue weighted by atomic mass is 10.1. The smallest absolute Gasteiger partial charge is 0.340 e. The van der Waals surface area contributed by atoms with Crippen LogP contribution in [0.1, 0.15) is 20.7 Å². The van der Waals surface area contributed by atoms with Crippen molar-refractivity contribution in [3.8, 4) is 0 Å². The van der Waals surface area contributed by atoms with Crippen LogP contribution in [0.4, 0.5) is 11.4 Å². The van der Waals surface area contributed by atoms with Crippen LogP contribution in [0, 0.1) is 0 Å². The number of halogens is 2. The average Bonchev–Trinajstić information content (AvgIpc) is 2.61. The van der Waals surface area contributed by atoms with Gasteiger partial charge in [-0.1, -0.05) is 23.2 Å². The quantitative estimate of drug-likeness (QED) is 0.771. The molecule has 2 heterocycles. The van der Waals surface area contributed by atoms with Crippen LogP contribution in [0.15, 0.2) is 30.3 Å². The third kappa shape index (κ3) is 4.07. The molecule has 0 unspecified atom stereocenters. The van der Waals surface area contributed by atoms with Gasteiger partial charge in [-0.2, -0.15) is 0 Å². The summed E-state index contributed by atoms with van der Waals surface area (Å²) in [6.07, 6.45) is 0. The Morgan fingerprint density at radius 2 is 1.81 bits per heavy atom. The molecule has 0 saturated carbocycles. The van der Waals surface area contributed by atoms with Crippen molar-refractivity contribution < 1.29 is 19.4 Å². The molecule has 2 N–H and O–H groups in total. The summed E-state index contributed by atoms with van der Waals surface area (Å²) in [5.41, 5.74) is 1.17. The van der Waals surface area contributed by atoms with Gasteiger partial charge in [0.15, 0.2) is 0 Å². The number of aromatic carboxylic acids is 1. The molecular weight excluding hydrogens is 381 g/mol. The zero-order valence-corrected chi connectivity index (χ0v) is 15.0. The molecule has 0 bridgehead atoms. The van der Waals surface area contributed by atoms with Gasteiger partial charge in [-0.25, -0.2) is 9.78 Å². The second kappa shape index (κ2) is 7.90. The zero-order valence-electron chi connectivity index (χ0n) is 13.5. The number of amides is 1. The molecule has 1 aliphatic heterocycles. The molecule has 7 nitrogen and oxygen atoms in total. The van der Waals surface area contributed by atoms with E-state index in [9.17, 15) is 14.7 Å². The van der Waals surface area contributed by atoms with Crippen LogP contribution in [0.5, 0.6) is 0 Å². The van der Waals surface area contributed by atoms with E-state index in [4.69, 9.17) is 27.9 Å². The Labute approximate surface area is 159 Å². The highest BCUT2D eigenvalue weighted by Gasteiger charge is 2.19. The third-order valence-corrected chi connectivity index (χ3v) is 4.33. The number of carboxylic acids is 1. The van der Waals surface area contributed by atoms with Gasteiger partial charge < -0.3 is 20.1 Å². The van der Waals surface area contributed by atoms with Gasteiger partial charge in [0.25, 0.3) is 5.91 Å². The number of anilines is 2. The lowest BCUT2D eigenvalue weighted by molar-refractivity contribution is 0.0303. The second-order valence-electron chi connectivity index (χ2n) is 5.57. The van der Waals surface area contributed by atoms with Crippen LogP contribution in [-0.4, -0.2) is 53.2 Å². The van der Waals surface area contributed by atoms with Crippen LogP contribution in [0.25, 0.3) is 0 Å². The van der Waals surface area contributed by atoms with Crippen LogP contribution in [0.3, 0.4) is 0 Å². The molecule has 3 rings (SSSR count). The van der Waals surface area contributed by atoms with Crippen LogP contribution < -0.4 is 5.32 Å². The number of aromatic nitrogens is 1. The number of carbonyl (C=O) groups excluding carboxylic acids is 1. The molecule has 1 aromatic heterocycles. The summed E-state index contributed by atoms with van der Waals surface area (Å²) < 4.78 is 5.24. The van der Waals surface area contributed by atoms with Gasteiger partial charge in [-0.15, -0.1) is 0 Å². The van der Waals surface area contributed by atoms with Crippen LogP contribution >= 0.6 is 23.2 Å². The number of nitrogens with zero attached hydrogens (tertiary/aromatic N) is 2. The minimum absolute atomic E-state index is 0.0684. The summed E-state index contributed by atoms with van der Waals surface area (Å²) in [4.78, 5) is 29.3. The maximum Gasteiger partial charge on any atom is 0.340 e. The lowest BCUT2D eigenvalue weighted by Gasteiger charge is -2.26. The number of nitrogens with one attached hydrogen (secondary N) is 1. The van der Waals surface area contributed by atoms with E-state index in [-0.39, 0.29) is 27.5 Å². The zero-order chi connectivity index (χ0) is 18.7. The van der Waals surface area contributed by atoms with Crippen molar-refractivity contribution >= 4 is 46.5 Å². The van der Waals surface area contributed by atoms with Gasteiger partial charge in [0, 0.05) is 24.3 Å². The molecule has 1 aromatic carbocycles. The first kappa shape index (κ1) is 18.4. The van der Waals surface area contributed by atoms with Crippen molar-refractivity contribution in [3.63, 3.8) is 0 Å². The predicted octanol–water partition coefficient (Wildman–Crippen LogP) is 3.30. The lowest BCUT2D eigenvalue weighted by Crippen LogP contribution is -2.40. The van der Waals surface area contributed by atoms with Gasteiger partial charge in [-0.3, -0.25) is 4.79 Å². The maximum atomic E-state index is 12.4. The monoisotopic (exact) mass is 395 g/mol. The highest BCUT2D eigenvalue weighted by Crippen LogP contribution is 2.29. The number of hydrogen-bond donors (Lipinski definition) is 2. The molecule has 1 amide bonds. The molecule has 0 atom stereocenters. The minimum atomic E-state index is -1.22. The first-order chi connectivity index (χ1) is 12.5. The van der Waals surface area contributed by atoms with Crippen molar-refractivity contribution in [1.82, 2.24) is 9.88 Å². The Hall–Kier alpha value is -2.35. The topological polar surface area (TPSA) is 91.8 Å². The summed E-state index contributed by atoms with van der Waals surface area (Å²) in [6.45, 7) is 2.20. The van der Waals surface area contributed by atoms with E-state index in [0.717, 1.165) is 0 Å². The summed E-state index contributed by atoms with van der Waals surface area (Å²) >= 11 is 11.7. The third-order valence-electron chi connectivity index (χ3n) is 3.87. The van der Waals surface area contributed by atoms with E-state index in [2.05, 4.69) is 10.3 Å². The molecule has 1 fully saturated rings. The second-order valence-corrected chi connectivity index (χ2v) is 6.32. The van der Waals surface area contributed by atoms with Crippen LogP contribution in [-0.2, 0) is 4.74 Å². The van der Waals surface area contributed by atoms with Gasteiger partial charge in [0.05, 0.1) is 18.9 Å². The van der Waals surface area contributed by atoms with Crippen molar-refractivity contribution in [2.45, 2.75) is 0 Å². The van der Waals surface area contributed by atoms with E-state index >= 15 is 0 Å². The summed E-state index contributed by atoms with van der Waals surface area (Å²) in [5.74, 6) is -1.29. The Morgan fingerprint density at radius 1 is 1.15 bits per heavy atom. The normalized spacial score (nSPS) is 14.2. The molecule has 26 heavy (non-hydrogen) atoms. The average molecular weight is 396 g/mol. The first-order valence-electron chi connectivity index (χ1n) is 7.79. The number of morpholine rings is 1. The Morgan fingerprint density at radius 3 is 2.42 bits per heavy atom. The van der Waals surface area contributed by atoms with Gasteiger partial charge in [0.2, 0.25) is 0 Å². The molecule has 0 spiro atoms. The largest absolute Gasteiger partial charge is 0.478 e. The van der Waals surface area contributed by atoms with Crippen molar-refractivity contribution in [1.29, 1.82) is 0 Å². The Kier molecular flexibility index (Phi) is 5.61. The molecular formula is C17H15Cl2N3O4. The highest BCUT2D eigenvalue weighted by atomic mass is 35.5. The first-order valence-corrected chi connectivity index (χ1v) is 8.55. The number of carbonyl (C=O) groups is 2. The van der Waals surface area contributed by atoms with Crippen molar-refractivity contribution in [2.24, 2.45) is 0 Å². The summed E-state index contributed by atoms with van der Waals surface area (Å²) in [6, 6.07) is 8.09. The predicted molar refractivity (Wildman–Crippen MR) is 97.7 cm³/mol. The van der Waals surface area contributed by atoms with E-state index < -0.39 is 5.97 Å². The molecule has 0 radical (unpaired) electrons. The standard InChI is InChI=1S/C17H15Cl2N3O4/c18-13-9-12(14(17(24)25)15(19)21-13)20-11-3-1-10(2-4-11)16(23)22-5-7-26-8-6-22/h1-4,9H,5-8H2,(H,20,21)(H,24,25). The van der Waals surface area contributed by atoms with Crippen molar-refractivity contribution in [2.75, 3.05) is 31.6 Å². The SMILES string of the molecule is O=C(O)c1c(Nc2ccc(C(=O)N3CCOCC3)cc2)cc(Cl)nc1Cl. The molecule has 1 saturated heterocycles. The maximum absolute atomic E-state index is 12.4. The van der Waals surface area contributed by atoms with E-state index in [1.165, 1.54) is 6.07 Å². The fraction of sp³-hybridized carbons (Fsp3) is 0.235.